The van der Waals surface area contributed by atoms with E-state index < -0.39 is 0 Å². The van der Waals surface area contributed by atoms with E-state index in [4.69, 9.17) is 11.5 Å². The maximum absolute atomic E-state index is 10.6. The second-order valence-electron chi connectivity index (χ2n) is 13.8. The number of aromatic nitrogens is 2. The van der Waals surface area contributed by atoms with Gasteiger partial charge in [0.1, 0.15) is 12.4 Å². The van der Waals surface area contributed by atoms with Crippen molar-refractivity contribution in [3.8, 4) is 0 Å². The first-order valence-corrected chi connectivity index (χ1v) is 15.7. The minimum Gasteiger partial charge on any atom is -0.397 e. The number of hydrogen-bond donors (Lipinski definition) is 4. The van der Waals surface area contributed by atoms with Gasteiger partial charge in [-0.15, -0.1) is 12.4 Å². The van der Waals surface area contributed by atoms with E-state index >= 15 is 0 Å². The molecule has 47 heavy (non-hydrogen) atoms. The number of nitrogens with two attached hydrogens (primary N) is 2. The summed E-state index contributed by atoms with van der Waals surface area (Å²) in [5.74, 6) is 1.26. The van der Waals surface area contributed by atoms with Gasteiger partial charge in [0.15, 0.2) is 11.9 Å². The number of likely N-dealkylation sites (tertiary alicyclic amines) is 2. The molecule has 6 N–H and O–H groups in total. The molecule has 2 unspecified atom stereocenters. The zero-order valence-corrected chi connectivity index (χ0v) is 29.9. The Morgan fingerprint density at radius 1 is 0.915 bits per heavy atom. The first-order valence-electron chi connectivity index (χ1n) is 15.7. The average molecular weight is 665 g/mol. The molecule has 2 aromatic rings. The Bertz CT molecular complexity index is 1420. The van der Waals surface area contributed by atoms with Gasteiger partial charge in [-0.2, -0.15) is 0 Å². The third-order valence-electron chi connectivity index (χ3n) is 8.89. The second kappa shape index (κ2) is 17.6. The number of carbonyl (C=O) groups excluding carboxylic acids is 2. The first-order chi connectivity index (χ1) is 21.7. The van der Waals surface area contributed by atoms with Crippen LogP contribution in [0.15, 0.2) is 34.4 Å². The number of aliphatic imine (C=N–C) groups is 1. The molecule has 0 saturated carbocycles. The Morgan fingerprint density at radius 2 is 1.45 bits per heavy atom. The van der Waals surface area contributed by atoms with Crippen molar-refractivity contribution in [2.24, 2.45) is 32.2 Å². The molecule has 2 fully saturated rings. The number of rotatable bonds is 8. The van der Waals surface area contributed by atoms with Crippen molar-refractivity contribution in [2.45, 2.75) is 66.2 Å². The number of hydrogen-bond acceptors (Lipinski definition) is 8. The number of nitrogens with zero attached hydrogens (tertiary/aromatic N) is 6. The van der Waals surface area contributed by atoms with Gasteiger partial charge in [-0.05, 0) is 99.8 Å². The van der Waals surface area contributed by atoms with Crippen LogP contribution in [0.25, 0.3) is 0 Å². The van der Waals surface area contributed by atoms with E-state index in [0.29, 0.717) is 24.2 Å². The third-order valence-corrected chi connectivity index (χ3v) is 8.89. The summed E-state index contributed by atoms with van der Waals surface area (Å²) in [5, 5.41) is 5.84. The van der Waals surface area contributed by atoms with Crippen LogP contribution in [0.4, 0.5) is 11.4 Å². The Balaban J connectivity index is 0.000000330. The monoisotopic (exact) mass is 664 g/mol. The van der Waals surface area contributed by atoms with E-state index in [9.17, 15) is 9.59 Å². The summed E-state index contributed by atoms with van der Waals surface area (Å²) in [6.07, 6.45) is 7.31. The van der Waals surface area contributed by atoms with Crippen LogP contribution in [0.1, 0.15) is 74.9 Å². The van der Waals surface area contributed by atoms with Crippen LogP contribution in [0.2, 0.25) is 0 Å². The van der Waals surface area contributed by atoms with Gasteiger partial charge in [0, 0.05) is 25.5 Å². The fourth-order valence-corrected chi connectivity index (χ4v) is 6.78. The molecule has 15 heteroatoms. The lowest BCUT2D eigenvalue weighted by molar-refractivity contribution is 0.114. The predicted molar refractivity (Wildman–Crippen MR) is 197 cm³/mol. The van der Waals surface area contributed by atoms with Crippen molar-refractivity contribution < 1.29 is 9.59 Å². The first kappa shape index (κ1) is 39.7. The number of carbonyl (C=O) groups is 2. The van der Waals surface area contributed by atoms with Crippen molar-refractivity contribution in [3.63, 3.8) is 0 Å². The lowest BCUT2D eigenvalue weighted by Gasteiger charge is -2.43. The maximum Gasteiger partial charge on any atom is 0.358 e. The molecule has 2 atom stereocenters. The van der Waals surface area contributed by atoms with E-state index in [1.165, 1.54) is 18.5 Å². The molecular weight excluding hydrogens is 613 g/mol. The van der Waals surface area contributed by atoms with Crippen LogP contribution in [0, 0.1) is 24.7 Å². The summed E-state index contributed by atoms with van der Waals surface area (Å²) >= 11 is 0. The lowest BCUT2D eigenvalue weighted by atomic mass is 9.71. The van der Waals surface area contributed by atoms with E-state index in [0.717, 1.165) is 69.2 Å². The van der Waals surface area contributed by atoms with Crippen LogP contribution in [0.3, 0.4) is 0 Å². The van der Waals surface area contributed by atoms with Crippen molar-refractivity contribution in [1.29, 1.82) is 0 Å². The highest BCUT2D eigenvalue weighted by molar-refractivity contribution is 6.69. The van der Waals surface area contributed by atoms with Crippen molar-refractivity contribution in [2.75, 3.05) is 45.6 Å². The van der Waals surface area contributed by atoms with E-state index in [1.807, 2.05) is 26.2 Å². The van der Waals surface area contributed by atoms with Crippen molar-refractivity contribution in [1.82, 2.24) is 25.0 Å². The second-order valence-corrected chi connectivity index (χ2v) is 13.8. The zero-order valence-electron chi connectivity index (χ0n) is 29.1. The summed E-state index contributed by atoms with van der Waals surface area (Å²) in [6.45, 7) is 17.3. The molecule has 0 bridgehead atoms. The van der Waals surface area contributed by atoms with Gasteiger partial charge in [-0.1, -0.05) is 27.7 Å². The number of nitrogens with one attached hydrogen (secondary N) is 2. The Labute approximate surface area is 288 Å². The summed E-state index contributed by atoms with van der Waals surface area (Å²) in [5.41, 5.74) is 17.0. The summed E-state index contributed by atoms with van der Waals surface area (Å²) in [4.78, 5) is 43.0. The summed E-state index contributed by atoms with van der Waals surface area (Å²) < 4.78 is 0. The maximum atomic E-state index is 10.6. The largest absolute Gasteiger partial charge is 0.397 e. The molecule has 2 aromatic heterocycles. The Hall–Kier alpha value is -3.48. The molecule has 4 rings (SSSR count). The molecule has 2 aliphatic heterocycles. The van der Waals surface area contributed by atoms with Crippen molar-refractivity contribution >= 4 is 62.9 Å². The molecule has 2 aliphatic rings. The van der Waals surface area contributed by atoms with Gasteiger partial charge in [0.25, 0.3) is 0 Å². The Kier molecular flexibility index (Phi) is 14.9. The highest BCUT2D eigenvalue weighted by Gasteiger charge is 2.37. The minimum atomic E-state index is 0. The van der Waals surface area contributed by atoms with Crippen LogP contribution < -0.4 is 22.0 Å². The molecule has 4 heterocycles. The smallest absolute Gasteiger partial charge is 0.358 e. The fraction of sp³-hybridized carbons (Fsp3) is 0.562. The highest BCUT2D eigenvalue weighted by Crippen LogP contribution is 2.43. The molecule has 2 radical (unpaired) electrons. The van der Waals surface area contributed by atoms with Gasteiger partial charge in [0.05, 0.1) is 22.8 Å². The number of anilines is 1. The number of pyridine rings is 2. The predicted octanol–water partition coefficient (Wildman–Crippen LogP) is 2.97. The van der Waals surface area contributed by atoms with E-state index in [-0.39, 0.29) is 35.2 Å². The van der Waals surface area contributed by atoms with Crippen LogP contribution in [0.5, 0.6) is 0 Å². The van der Waals surface area contributed by atoms with E-state index in [2.05, 4.69) is 94.1 Å². The molecule has 0 aromatic carbocycles. The topological polar surface area (TPSA) is 167 Å². The van der Waals surface area contributed by atoms with Gasteiger partial charge in [-0.3, -0.25) is 9.97 Å². The quantitative estimate of drug-likeness (QED) is 0.143. The minimum absolute atomic E-state index is 0. The average Bonchev–Trinajstić information content (AvgIpc) is 2.96. The van der Waals surface area contributed by atoms with Gasteiger partial charge in [-0.25, -0.2) is 4.99 Å². The van der Waals surface area contributed by atoms with Gasteiger partial charge in [0.2, 0.25) is 0 Å². The molecule has 2 saturated heterocycles. The number of halogens is 1. The molecular formula is C32H51B2ClN10O2. The number of guanidine groups is 2. The zero-order chi connectivity index (χ0) is 34.1. The Morgan fingerprint density at radius 3 is 1.94 bits per heavy atom. The van der Waals surface area contributed by atoms with Crippen LogP contribution >= 0.6 is 12.4 Å². The number of piperidine rings is 2. The molecule has 0 aliphatic carbocycles. The molecule has 0 spiro atoms. The normalized spacial score (nSPS) is 20.7. The fourth-order valence-electron chi connectivity index (χ4n) is 6.78. The standard InChI is InChI=1S/C17H25B2N5O2.C15H25N5.ClH/c1-12-15(21-16(22-18-10-25)23-19-11-26)7-13(8-20-12)14-5-6-24(4)9-17(14,2)3;1-10-13(19-14(16)17)7-11(8-18-10)12-5-6-20(4)9-15(12,2)3;/h7-8,10-11,14H,5-6,9H2,1-4H3,(H2,21,22,23);7-8,12H,5-6,9H2,1-4H3,(H4,16,17,19);1H. The van der Waals surface area contributed by atoms with E-state index in [1.54, 1.807) is 0 Å². The SMILES string of the molecule is Cc1ncc(C2CCN(C)CC2(C)C)cc1N=C(N)N.Cc1ncc(C2CCN(C)CC2(C)C)cc1NC(=N[B]C=O)N[B]C=O.Cl. The lowest BCUT2D eigenvalue weighted by Crippen LogP contribution is -2.42. The third kappa shape index (κ3) is 11.3. The summed E-state index contributed by atoms with van der Waals surface area (Å²) in [7, 11) is 6.65. The van der Waals surface area contributed by atoms with Gasteiger partial charge >= 0.3 is 14.8 Å². The highest BCUT2D eigenvalue weighted by atomic mass is 35.5. The molecule has 12 nitrogen and oxygen atoms in total. The molecule has 254 valence electrons. The van der Waals surface area contributed by atoms with Crippen LogP contribution in [-0.4, -0.2) is 99.2 Å². The number of aryl methyl sites for hydroxylation is 2. The van der Waals surface area contributed by atoms with Gasteiger partial charge < -0.3 is 46.3 Å². The molecule has 0 amide bonds. The van der Waals surface area contributed by atoms with Crippen molar-refractivity contribution in [3.05, 3.63) is 47.0 Å². The van der Waals surface area contributed by atoms with Crippen LogP contribution in [-0.2, 0) is 9.59 Å². The summed E-state index contributed by atoms with van der Waals surface area (Å²) in [6, 6.07) is 4.17.